The number of hydrogen-bond donors (Lipinski definition) is 1. The Morgan fingerprint density at radius 1 is 1.50 bits per heavy atom. The van der Waals surface area contributed by atoms with Crippen LogP contribution in [0.3, 0.4) is 0 Å². The number of nitrogens with zero attached hydrogens (tertiary/aromatic N) is 2. The van der Waals surface area contributed by atoms with Crippen LogP contribution in [-0.4, -0.2) is 35.6 Å². The van der Waals surface area contributed by atoms with E-state index in [1.54, 1.807) is 12.3 Å². The molecule has 1 aliphatic rings. The van der Waals surface area contributed by atoms with Crippen molar-refractivity contribution in [1.82, 2.24) is 15.2 Å². The molecular formula is C14H22FN3. The van der Waals surface area contributed by atoms with Gasteiger partial charge in [0.1, 0.15) is 5.82 Å². The lowest BCUT2D eigenvalue weighted by molar-refractivity contribution is 0.142. The molecule has 0 spiro atoms. The lowest BCUT2D eigenvalue weighted by Gasteiger charge is -2.37. The molecule has 1 saturated heterocycles. The monoisotopic (exact) mass is 251 g/mol. The van der Waals surface area contributed by atoms with Gasteiger partial charge in [-0.3, -0.25) is 9.88 Å². The molecule has 0 bridgehead atoms. The van der Waals surface area contributed by atoms with Crippen molar-refractivity contribution in [3.05, 3.63) is 29.8 Å². The van der Waals surface area contributed by atoms with Crippen molar-refractivity contribution in [3.8, 4) is 0 Å². The maximum absolute atomic E-state index is 13.1. The van der Waals surface area contributed by atoms with E-state index in [2.05, 4.69) is 29.0 Å². The first kappa shape index (κ1) is 13.4. The Balaban J connectivity index is 1.89. The predicted molar refractivity (Wildman–Crippen MR) is 70.7 cm³/mol. The fraction of sp³-hybridized carbons (Fsp3) is 0.643. The van der Waals surface area contributed by atoms with Crippen molar-refractivity contribution < 1.29 is 4.39 Å². The zero-order valence-electron chi connectivity index (χ0n) is 11.2. The molecule has 1 aromatic rings. The van der Waals surface area contributed by atoms with E-state index in [1.165, 1.54) is 6.20 Å². The van der Waals surface area contributed by atoms with Crippen molar-refractivity contribution >= 4 is 0 Å². The van der Waals surface area contributed by atoms with Crippen molar-refractivity contribution in [2.45, 2.75) is 32.9 Å². The molecule has 1 N–H and O–H groups in total. The Morgan fingerprint density at radius 2 is 2.33 bits per heavy atom. The van der Waals surface area contributed by atoms with Crippen LogP contribution in [0.2, 0.25) is 0 Å². The zero-order valence-corrected chi connectivity index (χ0v) is 11.2. The molecule has 18 heavy (non-hydrogen) atoms. The number of halogens is 1. The maximum atomic E-state index is 13.1. The molecule has 0 aliphatic carbocycles. The van der Waals surface area contributed by atoms with Gasteiger partial charge in [0.05, 0.1) is 6.20 Å². The highest BCUT2D eigenvalue weighted by atomic mass is 19.1. The molecule has 0 aromatic carbocycles. The average molecular weight is 251 g/mol. The van der Waals surface area contributed by atoms with E-state index in [0.717, 1.165) is 38.2 Å². The van der Waals surface area contributed by atoms with E-state index < -0.39 is 0 Å². The van der Waals surface area contributed by atoms with Crippen LogP contribution in [0.15, 0.2) is 18.5 Å². The summed E-state index contributed by atoms with van der Waals surface area (Å²) in [6.45, 7) is 8.39. The number of nitrogens with one attached hydrogen (secondary N) is 1. The summed E-state index contributed by atoms with van der Waals surface area (Å²) in [6.07, 6.45) is 4.17. The second kappa shape index (κ2) is 6.25. The third kappa shape index (κ3) is 3.50. The molecular weight excluding hydrogens is 229 g/mol. The van der Waals surface area contributed by atoms with E-state index in [9.17, 15) is 4.39 Å². The summed E-state index contributed by atoms with van der Waals surface area (Å²) in [5, 5.41) is 3.53. The lowest BCUT2D eigenvalue weighted by atomic mass is 9.93. The molecule has 2 rings (SSSR count). The summed E-state index contributed by atoms with van der Waals surface area (Å²) in [5.74, 6) is 0.392. The quantitative estimate of drug-likeness (QED) is 0.887. The molecule has 2 unspecified atom stereocenters. The predicted octanol–water partition coefficient (Wildman–Crippen LogP) is 2.04. The summed E-state index contributed by atoms with van der Waals surface area (Å²) < 4.78 is 13.1. The minimum absolute atomic E-state index is 0.247. The van der Waals surface area contributed by atoms with E-state index in [1.807, 2.05) is 0 Å². The molecule has 100 valence electrons. The second-order valence-corrected chi connectivity index (χ2v) is 5.18. The van der Waals surface area contributed by atoms with Crippen LogP contribution in [0.25, 0.3) is 0 Å². The van der Waals surface area contributed by atoms with Crippen LogP contribution in [0.4, 0.5) is 4.39 Å². The van der Waals surface area contributed by atoms with Gasteiger partial charge < -0.3 is 5.32 Å². The number of piperidine rings is 1. The largest absolute Gasteiger partial charge is 0.314 e. The Morgan fingerprint density at radius 3 is 3.00 bits per heavy atom. The van der Waals surface area contributed by atoms with E-state index in [0.29, 0.717) is 12.0 Å². The molecule has 2 heterocycles. The Labute approximate surface area is 108 Å². The van der Waals surface area contributed by atoms with E-state index >= 15 is 0 Å². The van der Waals surface area contributed by atoms with Crippen molar-refractivity contribution in [2.75, 3.05) is 19.6 Å². The maximum Gasteiger partial charge on any atom is 0.141 e. The van der Waals surface area contributed by atoms with Gasteiger partial charge in [0.2, 0.25) is 0 Å². The molecule has 2 atom stereocenters. The van der Waals surface area contributed by atoms with Gasteiger partial charge in [-0.25, -0.2) is 4.39 Å². The van der Waals surface area contributed by atoms with Gasteiger partial charge in [-0.2, -0.15) is 0 Å². The molecule has 4 heteroatoms. The molecule has 1 aromatic heterocycles. The number of aromatic nitrogens is 1. The fourth-order valence-corrected chi connectivity index (χ4v) is 2.74. The first-order valence-electron chi connectivity index (χ1n) is 6.74. The van der Waals surface area contributed by atoms with E-state index in [4.69, 9.17) is 0 Å². The fourth-order valence-electron chi connectivity index (χ4n) is 2.74. The first-order chi connectivity index (χ1) is 8.69. The van der Waals surface area contributed by atoms with Crippen LogP contribution in [-0.2, 0) is 6.54 Å². The molecule has 0 amide bonds. The normalized spacial score (nSPS) is 25.3. The summed E-state index contributed by atoms with van der Waals surface area (Å²) in [7, 11) is 0. The molecule has 1 aliphatic heterocycles. The highest BCUT2D eigenvalue weighted by Gasteiger charge is 2.25. The minimum atomic E-state index is -0.247. The van der Waals surface area contributed by atoms with Gasteiger partial charge in [-0.1, -0.05) is 13.8 Å². The average Bonchev–Trinajstić information content (AvgIpc) is 2.33. The van der Waals surface area contributed by atoms with Gasteiger partial charge in [0, 0.05) is 25.3 Å². The van der Waals surface area contributed by atoms with Crippen molar-refractivity contribution in [1.29, 1.82) is 0 Å². The van der Waals surface area contributed by atoms with Crippen LogP contribution in [0, 0.1) is 11.7 Å². The standard InChI is InChI=1S/C14H22FN3/c1-3-17-14-4-5-18(9-11(14)2)10-12-6-13(15)8-16-7-12/h6-8,11,14,17H,3-5,9-10H2,1-2H3. The van der Waals surface area contributed by atoms with Crippen LogP contribution in [0.5, 0.6) is 0 Å². The highest BCUT2D eigenvalue weighted by Crippen LogP contribution is 2.18. The Kier molecular flexibility index (Phi) is 4.66. The molecule has 0 radical (unpaired) electrons. The lowest BCUT2D eigenvalue weighted by Crippen LogP contribution is -2.47. The van der Waals surface area contributed by atoms with Gasteiger partial charge in [-0.15, -0.1) is 0 Å². The molecule has 1 fully saturated rings. The Bertz CT molecular complexity index is 383. The third-order valence-electron chi connectivity index (χ3n) is 3.62. The highest BCUT2D eigenvalue weighted by molar-refractivity contribution is 5.10. The van der Waals surface area contributed by atoms with Crippen LogP contribution < -0.4 is 5.32 Å². The molecule has 3 nitrogen and oxygen atoms in total. The van der Waals surface area contributed by atoms with Crippen molar-refractivity contribution in [2.24, 2.45) is 5.92 Å². The topological polar surface area (TPSA) is 28.2 Å². The minimum Gasteiger partial charge on any atom is -0.314 e. The summed E-state index contributed by atoms with van der Waals surface area (Å²) in [4.78, 5) is 6.28. The van der Waals surface area contributed by atoms with Crippen molar-refractivity contribution in [3.63, 3.8) is 0 Å². The number of hydrogen-bond acceptors (Lipinski definition) is 3. The van der Waals surface area contributed by atoms with Gasteiger partial charge in [0.15, 0.2) is 0 Å². The number of rotatable bonds is 4. The number of likely N-dealkylation sites (tertiary alicyclic amines) is 1. The second-order valence-electron chi connectivity index (χ2n) is 5.18. The first-order valence-corrected chi connectivity index (χ1v) is 6.74. The smallest absolute Gasteiger partial charge is 0.141 e. The Hall–Kier alpha value is -1.00. The summed E-state index contributed by atoms with van der Waals surface area (Å²) in [5.41, 5.74) is 0.962. The third-order valence-corrected chi connectivity index (χ3v) is 3.62. The summed E-state index contributed by atoms with van der Waals surface area (Å²) >= 11 is 0. The van der Waals surface area contributed by atoms with Gasteiger partial charge in [-0.05, 0) is 37.1 Å². The van der Waals surface area contributed by atoms with E-state index in [-0.39, 0.29) is 5.82 Å². The zero-order chi connectivity index (χ0) is 13.0. The van der Waals surface area contributed by atoms with Gasteiger partial charge in [0.25, 0.3) is 0 Å². The summed E-state index contributed by atoms with van der Waals surface area (Å²) in [6, 6.07) is 2.20. The van der Waals surface area contributed by atoms with Crippen LogP contribution >= 0.6 is 0 Å². The van der Waals surface area contributed by atoms with Crippen LogP contribution in [0.1, 0.15) is 25.8 Å². The number of pyridine rings is 1. The SMILES string of the molecule is CCNC1CCN(Cc2cncc(F)c2)CC1C. The molecule has 0 saturated carbocycles. The van der Waals surface area contributed by atoms with Gasteiger partial charge >= 0.3 is 0 Å².